The molecule has 170 valence electrons. The number of nitrogen functional groups attached to an aromatic ring is 1. The number of fused-ring (bicyclic) bond motifs is 1. The minimum Gasteiger partial charge on any atom is -0.383 e. The lowest BCUT2D eigenvalue weighted by Gasteiger charge is -2.36. The number of anilines is 1. The number of ether oxygens (including phenoxy) is 2. The SMILES string of the molecule is C#CCOC1CSSCC1OP1(=O)OCC2OC(n3ccc(N)nc3=O)C(F)(F)C2O1. The Hall–Kier alpha value is -1.17. The molecule has 1 aromatic heterocycles. The van der Waals surface area contributed by atoms with Crippen LogP contribution >= 0.6 is 29.4 Å². The zero-order valence-electron chi connectivity index (χ0n) is 15.8. The smallest absolute Gasteiger partial charge is 0.383 e. The number of hydrogen-bond acceptors (Lipinski definition) is 11. The maximum Gasteiger partial charge on any atom is 0.475 e. The standard InChI is InChI=1S/C16H18F2N3O7PS2/c1-2-5-24-10-7-30-31-8-11(10)27-29(23)25-6-9-13(28-29)16(17,18)14(26-9)21-4-3-12(19)20-15(21)22/h1,3-4,9-11,13-14H,5-8H2,(H2,19,20,22). The first kappa shape index (κ1) is 23.0. The van der Waals surface area contributed by atoms with Gasteiger partial charge in [0.25, 0.3) is 0 Å². The van der Waals surface area contributed by atoms with Crippen LogP contribution in [-0.2, 0) is 27.6 Å². The highest BCUT2D eigenvalue weighted by atomic mass is 33.1. The number of aromatic nitrogens is 2. The van der Waals surface area contributed by atoms with Gasteiger partial charge in [0.1, 0.15) is 24.6 Å². The molecule has 1 aromatic rings. The summed E-state index contributed by atoms with van der Waals surface area (Å²) in [6, 6.07) is 1.18. The highest BCUT2D eigenvalue weighted by Crippen LogP contribution is 2.61. The summed E-state index contributed by atoms with van der Waals surface area (Å²) in [5.41, 5.74) is 4.38. The molecule has 3 aliphatic heterocycles. The van der Waals surface area contributed by atoms with Crippen LogP contribution < -0.4 is 11.4 Å². The van der Waals surface area contributed by atoms with Gasteiger partial charge in [-0.25, -0.2) is 9.36 Å². The summed E-state index contributed by atoms with van der Waals surface area (Å²) in [6.45, 7) is -0.458. The normalized spacial score (nSPS) is 37.1. The van der Waals surface area contributed by atoms with Crippen LogP contribution in [0.25, 0.3) is 0 Å². The molecule has 4 heterocycles. The molecule has 0 amide bonds. The van der Waals surface area contributed by atoms with Crippen LogP contribution in [-0.4, -0.2) is 64.6 Å². The van der Waals surface area contributed by atoms with Gasteiger partial charge < -0.3 is 15.2 Å². The number of nitrogens with two attached hydrogens (primary N) is 1. The van der Waals surface area contributed by atoms with Crippen molar-refractivity contribution in [1.29, 1.82) is 0 Å². The van der Waals surface area contributed by atoms with Gasteiger partial charge in [0.05, 0.1) is 12.7 Å². The lowest BCUT2D eigenvalue weighted by atomic mass is 10.1. The summed E-state index contributed by atoms with van der Waals surface area (Å²) < 4.78 is 70.5. The van der Waals surface area contributed by atoms with Gasteiger partial charge in [0.2, 0.25) is 6.23 Å². The van der Waals surface area contributed by atoms with E-state index in [1.165, 1.54) is 27.7 Å². The summed E-state index contributed by atoms with van der Waals surface area (Å²) in [5, 5.41) is 0. The maximum atomic E-state index is 15.1. The lowest BCUT2D eigenvalue weighted by molar-refractivity contribution is -0.140. The number of hydrogen-bond donors (Lipinski definition) is 1. The Kier molecular flexibility index (Phi) is 6.67. The molecule has 10 nitrogen and oxygen atoms in total. The topological polar surface area (TPSA) is 124 Å². The van der Waals surface area contributed by atoms with Gasteiger partial charge in [-0.15, -0.1) is 6.42 Å². The Bertz CT molecular complexity index is 977. The molecule has 0 spiro atoms. The van der Waals surface area contributed by atoms with Crippen LogP contribution in [0.3, 0.4) is 0 Å². The Morgan fingerprint density at radius 3 is 2.87 bits per heavy atom. The minimum atomic E-state index is -4.38. The third kappa shape index (κ3) is 4.65. The van der Waals surface area contributed by atoms with Crippen LogP contribution in [0.15, 0.2) is 17.1 Å². The molecule has 0 aromatic carbocycles. The molecule has 15 heteroatoms. The van der Waals surface area contributed by atoms with Gasteiger partial charge in [0.15, 0.2) is 6.10 Å². The number of rotatable bonds is 5. The molecule has 0 bridgehead atoms. The molecule has 6 atom stereocenters. The van der Waals surface area contributed by atoms with Crippen molar-refractivity contribution in [3.63, 3.8) is 0 Å². The van der Waals surface area contributed by atoms with Gasteiger partial charge in [-0.3, -0.25) is 18.1 Å². The summed E-state index contributed by atoms with van der Waals surface area (Å²) in [4.78, 5) is 15.4. The fourth-order valence-electron chi connectivity index (χ4n) is 3.25. The molecule has 4 rings (SSSR count). The number of phosphoric acid groups is 1. The van der Waals surface area contributed by atoms with Crippen LogP contribution in [0.5, 0.6) is 0 Å². The molecule has 0 aliphatic carbocycles. The lowest BCUT2D eigenvalue weighted by Crippen LogP contribution is -2.46. The van der Waals surface area contributed by atoms with Crippen molar-refractivity contribution in [2.24, 2.45) is 0 Å². The molecule has 0 saturated carbocycles. The number of nitrogens with zero attached hydrogens (tertiary/aromatic N) is 2. The summed E-state index contributed by atoms with van der Waals surface area (Å²) in [6.07, 6.45) is -0.273. The molecule has 3 saturated heterocycles. The number of halogens is 2. The second-order valence-electron chi connectivity index (χ2n) is 6.78. The quantitative estimate of drug-likeness (QED) is 0.363. The predicted molar refractivity (Wildman–Crippen MR) is 109 cm³/mol. The van der Waals surface area contributed by atoms with Crippen molar-refractivity contribution in [2.75, 3.05) is 30.5 Å². The van der Waals surface area contributed by atoms with E-state index in [1.807, 2.05) is 0 Å². The zero-order valence-corrected chi connectivity index (χ0v) is 18.3. The van der Waals surface area contributed by atoms with E-state index in [0.717, 1.165) is 6.20 Å². The predicted octanol–water partition coefficient (Wildman–Crippen LogP) is 1.68. The van der Waals surface area contributed by atoms with Crippen molar-refractivity contribution in [3.8, 4) is 12.3 Å². The first-order chi connectivity index (χ1) is 14.7. The summed E-state index contributed by atoms with van der Waals surface area (Å²) in [7, 11) is -1.41. The Balaban J connectivity index is 1.51. The highest BCUT2D eigenvalue weighted by Gasteiger charge is 2.65. The molecular weight excluding hydrogens is 479 g/mol. The van der Waals surface area contributed by atoms with E-state index in [4.69, 9.17) is 35.2 Å². The van der Waals surface area contributed by atoms with Gasteiger partial charge >= 0.3 is 19.4 Å². The first-order valence-electron chi connectivity index (χ1n) is 9.02. The van der Waals surface area contributed by atoms with E-state index in [1.54, 1.807) is 0 Å². The number of alkyl halides is 2. The van der Waals surface area contributed by atoms with Gasteiger partial charge in [-0.05, 0) is 6.07 Å². The molecule has 6 unspecified atom stereocenters. The van der Waals surface area contributed by atoms with E-state index >= 15 is 8.78 Å². The third-order valence-corrected chi connectivity index (χ3v) is 8.59. The third-order valence-electron chi connectivity index (χ3n) is 4.70. The molecule has 0 radical (unpaired) electrons. The van der Waals surface area contributed by atoms with Crippen molar-refractivity contribution >= 4 is 35.2 Å². The van der Waals surface area contributed by atoms with Crippen molar-refractivity contribution in [3.05, 3.63) is 22.7 Å². The van der Waals surface area contributed by atoms with Crippen LogP contribution in [0.4, 0.5) is 14.6 Å². The zero-order chi connectivity index (χ0) is 22.2. The van der Waals surface area contributed by atoms with E-state index in [9.17, 15) is 9.36 Å². The van der Waals surface area contributed by atoms with E-state index in [2.05, 4.69) is 10.9 Å². The fraction of sp³-hybridized carbons (Fsp3) is 0.625. The van der Waals surface area contributed by atoms with E-state index in [-0.39, 0.29) is 12.4 Å². The summed E-state index contributed by atoms with van der Waals surface area (Å²) >= 11 is 0. The average Bonchev–Trinajstić information content (AvgIpc) is 2.97. The van der Waals surface area contributed by atoms with E-state index < -0.39 is 56.7 Å². The van der Waals surface area contributed by atoms with Crippen LogP contribution in [0.1, 0.15) is 6.23 Å². The number of phosphoric ester groups is 1. The largest absolute Gasteiger partial charge is 0.475 e. The van der Waals surface area contributed by atoms with Gasteiger partial charge in [-0.1, -0.05) is 27.5 Å². The Labute approximate surface area is 183 Å². The fourth-order valence-corrected chi connectivity index (χ4v) is 7.38. The van der Waals surface area contributed by atoms with Gasteiger partial charge in [-0.2, -0.15) is 13.8 Å². The Morgan fingerprint density at radius 2 is 2.16 bits per heavy atom. The molecule has 2 N–H and O–H groups in total. The molecular formula is C16H18F2N3O7PS2. The van der Waals surface area contributed by atoms with E-state index in [0.29, 0.717) is 16.1 Å². The van der Waals surface area contributed by atoms with Crippen molar-refractivity contribution in [1.82, 2.24) is 9.55 Å². The minimum absolute atomic E-state index is 0.0183. The summed E-state index contributed by atoms with van der Waals surface area (Å²) in [5.74, 6) is -0.652. The molecule has 3 aliphatic rings. The molecule has 3 fully saturated rings. The average molecular weight is 497 g/mol. The second kappa shape index (κ2) is 8.99. The van der Waals surface area contributed by atoms with Crippen molar-refractivity contribution in [2.45, 2.75) is 36.6 Å². The highest BCUT2D eigenvalue weighted by molar-refractivity contribution is 8.76. The molecule has 31 heavy (non-hydrogen) atoms. The number of terminal acetylenes is 1. The maximum absolute atomic E-state index is 15.1. The van der Waals surface area contributed by atoms with Gasteiger partial charge in [0, 0.05) is 17.7 Å². The Morgan fingerprint density at radius 1 is 1.42 bits per heavy atom. The second-order valence-corrected chi connectivity index (χ2v) is 10.9. The monoisotopic (exact) mass is 497 g/mol. The van der Waals surface area contributed by atoms with Crippen LogP contribution in [0.2, 0.25) is 0 Å². The van der Waals surface area contributed by atoms with Crippen molar-refractivity contribution < 1.29 is 36.4 Å². The van der Waals surface area contributed by atoms with Crippen LogP contribution in [0, 0.1) is 12.3 Å². The first-order valence-corrected chi connectivity index (χ1v) is 13.0.